The first-order valence-electron chi connectivity index (χ1n) is 18.0. The second kappa shape index (κ2) is 12.0. The average molecular weight is 705 g/mol. The fourth-order valence-corrected chi connectivity index (χ4v) is 11.3. The van der Waals surface area contributed by atoms with Gasteiger partial charge in [0.05, 0.1) is 13.2 Å². The van der Waals surface area contributed by atoms with Crippen molar-refractivity contribution in [2.75, 3.05) is 13.2 Å². The van der Waals surface area contributed by atoms with Gasteiger partial charge in [0.1, 0.15) is 6.10 Å². The lowest BCUT2D eigenvalue weighted by Gasteiger charge is -2.60. The van der Waals surface area contributed by atoms with Crippen molar-refractivity contribution in [2.24, 2.45) is 47.3 Å². The van der Waals surface area contributed by atoms with E-state index in [4.69, 9.17) is 52.2 Å². The van der Waals surface area contributed by atoms with E-state index in [9.17, 15) is 13.0 Å². The fraction of sp³-hybridized carbons (Fsp3) is 1.00. The van der Waals surface area contributed by atoms with Gasteiger partial charge in [0.25, 0.3) is 0 Å². The summed E-state index contributed by atoms with van der Waals surface area (Å²) in [5.74, 6) is -0.870. The molecule has 0 amide bonds. The molecule has 1 N–H and O–H groups in total. The molecule has 10 aliphatic rings. The molecule has 2 aliphatic carbocycles. The summed E-state index contributed by atoms with van der Waals surface area (Å²) in [5, 5.41) is 0. The number of fused-ring (bicyclic) bond motifs is 4. The Morgan fingerprint density at radius 3 is 1.52 bits per heavy atom. The number of ether oxygens (including phenoxy) is 6. The van der Waals surface area contributed by atoms with Gasteiger partial charge in [-0.2, -0.15) is 8.42 Å². The topological polar surface area (TPSA) is 156 Å². The van der Waals surface area contributed by atoms with Crippen LogP contribution in [0.1, 0.15) is 92.9 Å². The molecule has 48 heavy (non-hydrogen) atoms. The summed E-state index contributed by atoms with van der Waals surface area (Å²) >= 11 is 0. The van der Waals surface area contributed by atoms with Gasteiger partial charge >= 0.3 is 10.4 Å². The van der Waals surface area contributed by atoms with Gasteiger partial charge in [0.15, 0.2) is 36.4 Å². The summed E-state index contributed by atoms with van der Waals surface area (Å²) < 4.78 is 77.0. The Morgan fingerprint density at radius 1 is 0.667 bits per heavy atom. The quantitative estimate of drug-likeness (QED) is 0.276. The van der Waals surface area contributed by atoms with E-state index in [2.05, 4.69) is 13.8 Å². The fourth-order valence-electron chi connectivity index (χ4n) is 10.8. The van der Waals surface area contributed by atoms with Gasteiger partial charge in [-0.15, -0.1) is 0 Å². The Labute approximate surface area is 282 Å². The molecule has 10 rings (SSSR count). The van der Waals surface area contributed by atoms with Crippen LogP contribution in [0.25, 0.3) is 0 Å². The smallest absolute Gasteiger partial charge is 0.349 e. The van der Waals surface area contributed by atoms with E-state index in [1.807, 2.05) is 27.7 Å². The minimum Gasteiger partial charge on any atom is -0.349 e. The Kier molecular flexibility index (Phi) is 8.64. The summed E-state index contributed by atoms with van der Waals surface area (Å²) in [7, 11) is -4.84. The molecule has 4 bridgehead atoms. The van der Waals surface area contributed by atoms with E-state index < -0.39 is 64.4 Å². The van der Waals surface area contributed by atoms with E-state index in [0.717, 1.165) is 38.5 Å². The SMILES string of the molecule is C[C@H]1[C@@H](OCC(CO[C@H]2O[C@@H]3O[C@@]4(C)CC[C@H]5[C@H](C)CC[C@@H]([C@H]2C)[C@@]35OO4)OS(=O)(=O)O)OC2O[C@@]3(C)CC[C@H]4[C@H](C)CC[C@@H]1[C@@]24OO3. The standard InChI is InChI=1S/C33H52O14S/c1-17-7-9-24-19(3)26(39-28-32(24)22(17)11-13-30(5,41-28)44-46-32)37-15-21(43-48(34,35)36)16-38-27-20(4)25-10-8-18(2)23-12-14-31(6)42-29(40-27)33(23,25)47-45-31/h17-29H,7-16H2,1-6H3,(H,34,35,36)/t17-,18-,19-,20-,21?,22+,23+,24+,25+,26+,27+,28-,29?,30-,31-,32-,33-/m1/s1. The molecule has 15 heteroatoms. The van der Waals surface area contributed by atoms with Gasteiger partial charge in [0, 0.05) is 36.5 Å². The number of hydrogen-bond acceptors (Lipinski definition) is 13. The summed E-state index contributed by atoms with van der Waals surface area (Å²) in [6.45, 7) is 11.8. The average Bonchev–Trinajstić information content (AvgIpc) is 3.40. The Morgan fingerprint density at radius 2 is 1.10 bits per heavy atom. The Bertz CT molecular complexity index is 1250. The maximum atomic E-state index is 12.0. The lowest BCUT2D eigenvalue weighted by Crippen LogP contribution is -2.70. The maximum Gasteiger partial charge on any atom is 0.397 e. The molecule has 8 aliphatic heterocycles. The zero-order valence-corrected chi connectivity index (χ0v) is 29.6. The molecule has 2 spiro atoms. The van der Waals surface area contributed by atoms with Gasteiger partial charge < -0.3 is 28.4 Å². The number of hydrogen-bond donors (Lipinski definition) is 1. The predicted molar refractivity (Wildman–Crippen MR) is 162 cm³/mol. The van der Waals surface area contributed by atoms with Crippen LogP contribution in [0.5, 0.6) is 0 Å². The maximum absolute atomic E-state index is 12.0. The van der Waals surface area contributed by atoms with E-state index in [1.54, 1.807) is 0 Å². The zero-order valence-electron chi connectivity index (χ0n) is 28.7. The molecule has 2 unspecified atom stereocenters. The first-order valence-corrected chi connectivity index (χ1v) is 19.3. The molecule has 14 nitrogen and oxygen atoms in total. The first-order chi connectivity index (χ1) is 22.7. The van der Waals surface area contributed by atoms with Crippen LogP contribution in [0.3, 0.4) is 0 Å². The van der Waals surface area contributed by atoms with Crippen LogP contribution in [0.4, 0.5) is 0 Å². The van der Waals surface area contributed by atoms with Gasteiger partial charge in [-0.3, -0.25) is 4.55 Å². The second-order valence-electron chi connectivity index (χ2n) is 16.4. The van der Waals surface area contributed by atoms with Crippen LogP contribution in [-0.4, -0.2) is 80.2 Å². The molecular formula is C33H52O14S. The van der Waals surface area contributed by atoms with Crippen molar-refractivity contribution in [2.45, 2.75) is 147 Å². The largest absolute Gasteiger partial charge is 0.397 e. The monoisotopic (exact) mass is 704 g/mol. The summed E-state index contributed by atoms with van der Waals surface area (Å²) in [6.07, 6.45) is 2.88. The van der Waals surface area contributed by atoms with Crippen molar-refractivity contribution in [3.8, 4) is 0 Å². The minimum atomic E-state index is -4.84. The highest BCUT2D eigenvalue weighted by Crippen LogP contribution is 2.62. The molecule has 8 saturated heterocycles. The molecule has 274 valence electrons. The summed E-state index contributed by atoms with van der Waals surface area (Å²) in [6, 6.07) is 0. The van der Waals surface area contributed by atoms with E-state index >= 15 is 0 Å². The van der Waals surface area contributed by atoms with Gasteiger partial charge in [0.2, 0.25) is 11.6 Å². The van der Waals surface area contributed by atoms with Gasteiger partial charge in [-0.1, -0.05) is 27.7 Å². The number of rotatable bonds is 8. The lowest BCUT2D eigenvalue weighted by molar-refractivity contribution is -0.578. The van der Waals surface area contributed by atoms with Crippen molar-refractivity contribution < 1.29 is 65.1 Å². The van der Waals surface area contributed by atoms with Gasteiger partial charge in [-0.05, 0) is 76.0 Å². The highest BCUT2D eigenvalue weighted by atomic mass is 32.3. The highest BCUT2D eigenvalue weighted by Gasteiger charge is 2.71. The molecule has 8 heterocycles. The third kappa shape index (κ3) is 5.45. The van der Waals surface area contributed by atoms with Gasteiger partial charge in [-0.25, -0.2) is 23.7 Å². The van der Waals surface area contributed by atoms with Crippen molar-refractivity contribution >= 4 is 10.4 Å². The van der Waals surface area contributed by atoms with E-state index in [1.165, 1.54) is 0 Å². The van der Waals surface area contributed by atoms with E-state index in [0.29, 0.717) is 24.7 Å². The molecule has 0 aromatic rings. The van der Waals surface area contributed by atoms with Crippen molar-refractivity contribution in [1.29, 1.82) is 0 Å². The summed E-state index contributed by atoms with van der Waals surface area (Å²) in [4.78, 5) is 24.2. The van der Waals surface area contributed by atoms with Crippen LogP contribution in [0, 0.1) is 47.3 Å². The third-order valence-electron chi connectivity index (χ3n) is 13.3. The molecule has 0 radical (unpaired) electrons. The zero-order chi connectivity index (χ0) is 33.9. The minimum absolute atomic E-state index is 0.0242. The molecular weight excluding hydrogens is 652 g/mol. The van der Waals surface area contributed by atoms with Crippen molar-refractivity contribution in [1.82, 2.24) is 0 Å². The lowest BCUT2D eigenvalue weighted by atomic mass is 9.58. The molecule has 10 fully saturated rings. The second-order valence-corrected chi connectivity index (χ2v) is 17.4. The first kappa shape index (κ1) is 34.6. The normalized spacial score (nSPS) is 54.9. The predicted octanol–water partition coefficient (Wildman–Crippen LogP) is 4.62. The van der Waals surface area contributed by atoms with Crippen LogP contribution in [-0.2, 0) is 62.6 Å². The third-order valence-corrected chi connectivity index (χ3v) is 13.9. The van der Waals surface area contributed by atoms with Crippen LogP contribution in [0.15, 0.2) is 0 Å². The van der Waals surface area contributed by atoms with E-state index in [-0.39, 0.29) is 48.7 Å². The Balaban J connectivity index is 0.972. The Hall–Kier alpha value is -0.530. The molecule has 17 atom stereocenters. The molecule has 0 aromatic carbocycles. The van der Waals surface area contributed by atoms with Crippen LogP contribution in [0.2, 0.25) is 0 Å². The van der Waals surface area contributed by atoms with Crippen molar-refractivity contribution in [3.05, 3.63) is 0 Å². The molecule has 0 aromatic heterocycles. The molecule has 2 saturated carbocycles. The summed E-state index contributed by atoms with van der Waals surface area (Å²) in [5.41, 5.74) is -1.51. The van der Waals surface area contributed by atoms with Crippen LogP contribution < -0.4 is 0 Å². The highest BCUT2D eigenvalue weighted by molar-refractivity contribution is 7.80. The van der Waals surface area contributed by atoms with Crippen LogP contribution >= 0.6 is 0 Å². The van der Waals surface area contributed by atoms with Crippen molar-refractivity contribution in [3.63, 3.8) is 0 Å².